The van der Waals surface area contributed by atoms with Crippen molar-refractivity contribution in [1.82, 2.24) is 30.0 Å². The number of fused-ring (bicyclic) bond motifs is 1. The van der Waals surface area contributed by atoms with Crippen LogP contribution >= 0.6 is 0 Å². The van der Waals surface area contributed by atoms with E-state index in [0.717, 1.165) is 24.3 Å². The zero-order chi connectivity index (χ0) is 38.2. The van der Waals surface area contributed by atoms with Gasteiger partial charge >= 0.3 is 6.18 Å². The Hall–Kier alpha value is -6.18. The monoisotopic (exact) mass is 739 g/mol. The molecule has 0 bridgehead atoms. The third-order valence-corrected chi connectivity index (χ3v) is 8.25. The van der Waals surface area contributed by atoms with E-state index in [4.69, 9.17) is 5.73 Å². The van der Waals surface area contributed by atoms with Crippen LogP contribution in [0, 0.1) is 36.2 Å². The van der Waals surface area contributed by atoms with Gasteiger partial charge in [-0.1, -0.05) is 12.0 Å². The van der Waals surface area contributed by atoms with Gasteiger partial charge in [0, 0.05) is 47.3 Å². The Labute approximate surface area is 295 Å². The molecule has 3 aromatic heterocycles. The van der Waals surface area contributed by atoms with Gasteiger partial charge < -0.3 is 11.1 Å². The number of hydrogen-bond acceptors (Lipinski definition) is 6. The minimum absolute atomic E-state index is 0.0277. The van der Waals surface area contributed by atoms with E-state index < -0.39 is 95.7 Å². The van der Waals surface area contributed by atoms with Crippen molar-refractivity contribution >= 4 is 11.8 Å². The summed E-state index contributed by atoms with van der Waals surface area (Å²) in [7, 11) is 0. The van der Waals surface area contributed by atoms with E-state index in [1.807, 2.05) is 0 Å². The third kappa shape index (κ3) is 8.01. The fraction of sp³-hybridized carbons (Fsp3) is 0.222. The normalized spacial score (nSPS) is 13.9. The van der Waals surface area contributed by atoms with Crippen LogP contribution in [0.3, 0.4) is 0 Å². The maximum absolute atomic E-state index is 14.8. The topological polar surface area (TPSA) is 129 Å². The summed E-state index contributed by atoms with van der Waals surface area (Å²) in [4.78, 5) is 38.5. The van der Waals surface area contributed by atoms with Crippen molar-refractivity contribution in [2.45, 2.75) is 50.9 Å². The molecule has 3 heterocycles. The second kappa shape index (κ2) is 14.1. The van der Waals surface area contributed by atoms with Crippen LogP contribution in [0.4, 0.5) is 35.1 Å². The zero-order valence-corrected chi connectivity index (χ0v) is 27.3. The van der Waals surface area contributed by atoms with Crippen molar-refractivity contribution in [2.75, 3.05) is 0 Å². The van der Waals surface area contributed by atoms with Gasteiger partial charge in [0.1, 0.15) is 29.7 Å². The number of benzene rings is 2. The number of alkyl halides is 5. The Bertz CT molecular complexity index is 2310. The van der Waals surface area contributed by atoms with Crippen LogP contribution in [0.25, 0.3) is 11.1 Å². The molecule has 0 fully saturated rings. The number of pyridine rings is 1. The van der Waals surface area contributed by atoms with Crippen LogP contribution in [0.2, 0.25) is 0 Å². The largest absolute Gasteiger partial charge is 0.435 e. The molecule has 53 heavy (non-hydrogen) atoms. The van der Waals surface area contributed by atoms with Gasteiger partial charge in [0.15, 0.2) is 5.69 Å². The second-order valence-corrected chi connectivity index (χ2v) is 12.1. The SMILES string of the molecule is Cc1cc(C#Cc2ncc(-c3ccc(F)c(C(N)=O)c3)c([C@H](Cc3cc(F)cc(F)c3)NC(=O)Cn3nc(C(F)(F)F)c4c3C(F)(F)CC4)n2)ccn1. The minimum atomic E-state index is -5.09. The van der Waals surface area contributed by atoms with Crippen LogP contribution in [0.15, 0.2) is 60.9 Å². The van der Waals surface area contributed by atoms with E-state index in [9.17, 15) is 44.7 Å². The number of carbonyl (C=O) groups excluding carboxylic acids is 2. The highest BCUT2D eigenvalue weighted by molar-refractivity contribution is 5.94. The van der Waals surface area contributed by atoms with Crippen LogP contribution < -0.4 is 11.1 Å². The standard InChI is InChI=1S/C36H25F8N7O2/c1-18-10-19(7-9-46-18)2-5-29-47-16-26(21-3-4-27(39)25(14-21)34(45)53)31(49-29)28(13-20-11-22(37)15-23(38)12-20)48-30(52)17-51-33-24(6-8-35(33,40)41)32(50-51)36(42,43)44/h3-4,7,9-12,14-16,28H,6,8,13,17H2,1H3,(H2,45,53)(H,48,52)/t28-/m0/s1. The van der Waals surface area contributed by atoms with Crippen LogP contribution in [-0.2, 0) is 36.3 Å². The molecule has 2 aromatic carbocycles. The molecule has 17 heteroatoms. The summed E-state index contributed by atoms with van der Waals surface area (Å²) in [6, 6.07) is 7.63. The number of carbonyl (C=O) groups is 2. The molecule has 6 rings (SSSR count). The molecular weight excluding hydrogens is 714 g/mol. The van der Waals surface area contributed by atoms with Gasteiger partial charge in [0.2, 0.25) is 11.7 Å². The van der Waals surface area contributed by atoms with Crippen LogP contribution in [0.1, 0.15) is 68.1 Å². The van der Waals surface area contributed by atoms with Gasteiger partial charge in [-0.2, -0.15) is 27.1 Å². The number of amides is 2. The fourth-order valence-electron chi connectivity index (χ4n) is 6.02. The molecule has 0 saturated heterocycles. The smallest absolute Gasteiger partial charge is 0.366 e. The number of halogens is 8. The average Bonchev–Trinajstić information content (AvgIpc) is 3.60. The zero-order valence-electron chi connectivity index (χ0n) is 27.3. The van der Waals surface area contributed by atoms with Crippen LogP contribution in [-0.4, -0.2) is 36.5 Å². The summed E-state index contributed by atoms with van der Waals surface area (Å²) in [6.07, 6.45) is -4.30. The van der Waals surface area contributed by atoms with Gasteiger partial charge in [-0.3, -0.25) is 19.3 Å². The molecule has 2 amide bonds. The van der Waals surface area contributed by atoms with E-state index in [-0.39, 0.29) is 32.9 Å². The molecule has 0 saturated carbocycles. The highest BCUT2D eigenvalue weighted by Gasteiger charge is 2.50. The van der Waals surface area contributed by atoms with Gasteiger partial charge in [-0.15, -0.1) is 0 Å². The summed E-state index contributed by atoms with van der Waals surface area (Å²) in [5.41, 5.74) is 2.70. The Morgan fingerprint density at radius 2 is 1.75 bits per heavy atom. The summed E-state index contributed by atoms with van der Waals surface area (Å²) < 4.78 is 114. The maximum atomic E-state index is 14.8. The summed E-state index contributed by atoms with van der Waals surface area (Å²) >= 11 is 0. The first-order chi connectivity index (χ1) is 25.0. The summed E-state index contributed by atoms with van der Waals surface area (Å²) in [6.45, 7) is 0.627. The number of nitrogens with zero attached hydrogens (tertiary/aromatic N) is 5. The Morgan fingerprint density at radius 1 is 1.02 bits per heavy atom. The molecular formula is C36H25F8N7O2. The Kier molecular flexibility index (Phi) is 9.73. The van der Waals surface area contributed by atoms with Gasteiger partial charge in [0.05, 0.1) is 17.3 Å². The number of nitrogens with two attached hydrogens (primary N) is 1. The highest BCUT2D eigenvalue weighted by Crippen LogP contribution is 2.46. The molecule has 1 atom stereocenters. The lowest BCUT2D eigenvalue weighted by Crippen LogP contribution is -2.35. The highest BCUT2D eigenvalue weighted by atomic mass is 19.4. The second-order valence-electron chi connectivity index (χ2n) is 12.1. The molecule has 0 spiro atoms. The molecule has 1 aliphatic rings. The molecule has 0 unspecified atom stereocenters. The number of hydrogen-bond donors (Lipinski definition) is 2. The quantitative estimate of drug-likeness (QED) is 0.146. The molecule has 0 aliphatic heterocycles. The molecule has 9 nitrogen and oxygen atoms in total. The van der Waals surface area contributed by atoms with Gasteiger partial charge in [-0.05, 0) is 73.2 Å². The molecule has 0 radical (unpaired) electrons. The van der Waals surface area contributed by atoms with E-state index in [2.05, 4.69) is 37.2 Å². The lowest BCUT2D eigenvalue weighted by Gasteiger charge is -2.22. The fourth-order valence-corrected chi connectivity index (χ4v) is 6.02. The molecule has 1 aliphatic carbocycles. The predicted octanol–water partition coefficient (Wildman–Crippen LogP) is 6.12. The van der Waals surface area contributed by atoms with Crippen molar-refractivity contribution in [3.8, 4) is 23.0 Å². The summed E-state index contributed by atoms with van der Waals surface area (Å²) in [5.74, 6) is -3.41. The van der Waals surface area contributed by atoms with Crippen LogP contribution in [0.5, 0.6) is 0 Å². The van der Waals surface area contributed by atoms with E-state index in [1.165, 1.54) is 18.5 Å². The third-order valence-electron chi connectivity index (χ3n) is 8.25. The number of nitrogens with one attached hydrogen (secondary N) is 1. The van der Waals surface area contributed by atoms with E-state index >= 15 is 0 Å². The first-order valence-corrected chi connectivity index (χ1v) is 15.7. The lowest BCUT2D eigenvalue weighted by atomic mass is 9.95. The number of rotatable bonds is 8. The number of aryl methyl sites for hydroxylation is 1. The Balaban J connectivity index is 1.47. The number of primary amides is 1. The maximum Gasteiger partial charge on any atom is 0.435 e. The lowest BCUT2D eigenvalue weighted by molar-refractivity contribution is -0.142. The summed E-state index contributed by atoms with van der Waals surface area (Å²) in [5, 5.41) is 5.84. The van der Waals surface area contributed by atoms with Crippen molar-refractivity contribution < 1.29 is 44.7 Å². The molecule has 3 N–H and O–H groups in total. The minimum Gasteiger partial charge on any atom is -0.366 e. The first kappa shape index (κ1) is 36.6. The first-order valence-electron chi connectivity index (χ1n) is 15.7. The molecule has 5 aromatic rings. The van der Waals surface area contributed by atoms with Crippen molar-refractivity contribution in [3.05, 3.63) is 129 Å². The number of aromatic nitrogens is 5. The molecule has 272 valence electrons. The van der Waals surface area contributed by atoms with Gasteiger partial charge in [0.25, 0.3) is 11.8 Å². The van der Waals surface area contributed by atoms with Gasteiger partial charge in [-0.25, -0.2) is 23.1 Å². The average molecular weight is 740 g/mol. The van der Waals surface area contributed by atoms with E-state index in [0.29, 0.717) is 17.3 Å². The van der Waals surface area contributed by atoms with E-state index in [1.54, 1.807) is 19.1 Å². The van der Waals surface area contributed by atoms with Crippen molar-refractivity contribution in [1.29, 1.82) is 0 Å². The predicted molar refractivity (Wildman–Crippen MR) is 171 cm³/mol. The Morgan fingerprint density at radius 3 is 2.43 bits per heavy atom. The van der Waals surface area contributed by atoms with Crippen molar-refractivity contribution in [3.63, 3.8) is 0 Å². The van der Waals surface area contributed by atoms with Crippen molar-refractivity contribution in [2.24, 2.45) is 5.73 Å².